The topological polar surface area (TPSA) is 66.9 Å². The number of benzene rings is 2. The SMILES string of the molecule is CNC(=O)c1ccc(N2CCC3(CC2)CC(N2CCC[C@H]2c2ccccc2C(C)C)C3)cc1Oc1cc2c(nc1OC)CC=C2F. The normalized spacial score (nSPS) is 20.9. The van der Waals surface area contributed by atoms with Crippen LogP contribution in [0.1, 0.15) is 97.1 Å². The molecule has 2 aromatic carbocycles. The molecule has 3 heterocycles. The smallest absolute Gasteiger partial charge is 0.257 e. The van der Waals surface area contributed by atoms with Crippen molar-refractivity contribution >= 4 is 17.4 Å². The Morgan fingerprint density at radius 3 is 2.59 bits per heavy atom. The van der Waals surface area contributed by atoms with Crippen LogP contribution < -0.4 is 19.7 Å². The molecule has 7 nitrogen and oxygen atoms in total. The average Bonchev–Trinajstić information content (AvgIpc) is 3.69. The van der Waals surface area contributed by atoms with Gasteiger partial charge in [-0.05, 0) is 91.8 Å². The van der Waals surface area contributed by atoms with Crippen molar-refractivity contribution in [1.29, 1.82) is 0 Å². The lowest BCUT2D eigenvalue weighted by Crippen LogP contribution is -2.54. The number of anilines is 1. The minimum Gasteiger partial charge on any atom is -0.478 e. The third-order valence-electron chi connectivity index (χ3n) is 10.9. The molecule has 4 aliphatic rings. The first-order valence-corrected chi connectivity index (χ1v) is 16.9. The van der Waals surface area contributed by atoms with E-state index in [1.165, 1.54) is 51.0 Å². The van der Waals surface area contributed by atoms with Gasteiger partial charge in [0.25, 0.3) is 11.8 Å². The molecule has 0 bridgehead atoms. The number of rotatable bonds is 8. The number of hydrogen-bond donors (Lipinski definition) is 1. The first-order chi connectivity index (χ1) is 22.3. The fourth-order valence-electron chi connectivity index (χ4n) is 8.35. The largest absolute Gasteiger partial charge is 0.478 e. The standard InChI is InChI=1S/C38H45FN4O3/c1-24(2)27-8-5-6-9-28(27)33-10-7-17-43(33)26-22-38(23-26)15-18-42(19-16-38)25-11-12-29(36(44)40-3)34(20-25)46-35-21-30-31(39)13-14-32(30)41-37(35)45-4/h5-6,8-9,11-13,20-21,24,26,33H,7,10,14-19,22-23H2,1-4H3,(H,40,44)/t33-/m0/s1. The van der Waals surface area contributed by atoms with Crippen LogP contribution in [-0.2, 0) is 6.42 Å². The molecule has 3 fully saturated rings. The number of amides is 1. The van der Waals surface area contributed by atoms with Crippen molar-refractivity contribution < 1.29 is 18.7 Å². The molecular formula is C38H45FN4O3. The summed E-state index contributed by atoms with van der Waals surface area (Å²) in [4.78, 5) is 22.5. The molecule has 8 heteroatoms. The van der Waals surface area contributed by atoms with Crippen molar-refractivity contribution in [2.45, 2.75) is 76.8 Å². The fourth-order valence-corrected chi connectivity index (χ4v) is 8.35. The highest BCUT2D eigenvalue weighted by Crippen LogP contribution is 2.54. The third-order valence-corrected chi connectivity index (χ3v) is 10.9. The molecule has 2 saturated heterocycles. The van der Waals surface area contributed by atoms with Crippen LogP contribution >= 0.6 is 0 Å². The average molecular weight is 625 g/mol. The number of carbonyl (C=O) groups excluding carboxylic acids is 1. The van der Waals surface area contributed by atoms with Gasteiger partial charge in [0.1, 0.15) is 11.6 Å². The number of likely N-dealkylation sites (tertiary alicyclic amines) is 1. The Morgan fingerprint density at radius 1 is 1.07 bits per heavy atom. The Kier molecular flexibility index (Phi) is 8.26. The second-order valence-electron chi connectivity index (χ2n) is 13.8. The first-order valence-electron chi connectivity index (χ1n) is 16.9. The maximum atomic E-state index is 14.4. The monoisotopic (exact) mass is 624 g/mol. The molecule has 2 aliphatic heterocycles. The number of allylic oxidation sites excluding steroid dienone is 1. The molecule has 0 radical (unpaired) electrons. The number of ether oxygens (including phenoxy) is 2. The molecule has 242 valence electrons. The van der Waals surface area contributed by atoms with Gasteiger partial charge >= 0.3 is 0 Å². The summed E-state index contributed by atoms with van der Waals surface area (Å²) in [5.41, 5.74) is 5.88. The van der Waals surface area contributed by atoms with Gasteiger partial charge in [0, 0.05) is 56.0 Å². The summed E-state index contributed by atoms with van der Waals surface area (Å²) in [6.45, 7) is 7.75. The minimum absolute atomic E-state index is 0.255. The highest BCUT2D eigenvalue weighted by Gasteiger charge is 2.50. The van der Waals surface area contributed by atoms with Crippen molar-refractivity contribution in [1.82, 2.24) is 15.2 Å². The predicted molar refractivity (Wildman–Crippen MR) is 180 cm³/mol. The van der Waals surface area contributed by atoms with Crippen LogP contribution in [-0.4, -0.2) is 55.6 Å². The molecule has 0 unspecified atom stereocenters. The maximum Gasteiger partial charge on any atom is 0.257 e. The molecular weight excluding hydrogens is 579 g/mol. The van der Waals surface area contributed by atoms with Gasteiger partial charge in [-0.1, -0.05) is 38.1 Å². The van der Waals surface area contributed by atoms with Crippen molar-refractivity contribution in [2.75, 3.05) is 38.7 Å². The van der Waals surface area contributed by atoms with Crippen molar-refractivity contribution in [3.63, 3.8) is 0 Å². The van der Waals surface area contributed by atoms with Crippen LogP contribution in [0, 0.1) is 5.41 Å². The lowest BCUT2D eigenvalue weighted by molar-refractivity contribution is -0.0227. The Balaban J connectivity index is 1.05. The predicted octanol–water partition coefficient (Wildman–Crippen LogP) is 7.82. The number of nitrogens with one attached hydrogen (secondary N) is 1. The van der Waals surface area contributed by atoms with E-state index < -0.39 is 0 Å². The number of methoxy groups -OCH3 is 1. The molecule has 1 amide bonds. The summed E-state index contributed by atoms with van der Waals surface area (Å²) in [5, 5.41) is 2.71. The van der Waals surface area contributed by atoms with Gasteiger partial charge in [0.05, 0.1) is 18.4 Å². The minimum atomic E-state index is -0.323. The highest BCUT2D eigenvalue weighted by molar-refractivity contribution is 5.97. The molecule has 2 aliphatic carbocycles. The van der Waals surface area contributed by atoms with E-state index in [4.69, 9.17) is 9.47 Å². The molecule has 46 heavy (non-hydrogen) atoms. The Bertz CT molecular complexity index is 1650. The van der Waals surface area contributed by atoms with Gasteiger partial charge in [0.2, 0.25) is 0 Å². The zero-order valence-electron chi connectivity index (χ0n) is 27.4. The van der Waals surface area contributed by atoms with E-state index in [1.807, 2.05) is 18.2 Å². The Labute approximate surface area is 271 Å². The number of carbonyl (C=O) groups is 1. The fraction of sp³-hybridized carbons (Fsp3) is 0.474. The zero-order valence-corrected chi connectivity index (χ0v) is 27.4. The van der Waals surface area contributed by atoms with Gasteiger partial charge in [-0.15, -0.1) is 0 Å². The van der Waals surface area contributed by atoms with E-state index in [2.05, 4.69) is 58.2 Å². The summed E-state index contributed by atoms with van der Waals surface area (Å²) in [5.74, 6) is 0.904. The number of hydrogen-bond acceptors (Lipinski definition) is 6. The van der Waals surface area contributed by atoms with Crippen molar-refractivity contribution in [3.05, 3.63) is 82.6 Å². The van der Waals surface area contributed by atoms with Crippen molar-refractivity contribution in [3.8, 4) is 17.4 Å². The number of nitrogens with zero attached hydrogens (tertiary/aromatic N) is 3. The zero-order chi connectivity index (χ0) is 32.0. The summed E-state index contributed by atoms with van der Waals surface area (Å²) in [6, 6.07) is 17.6. The Hall–Kier alpha value is -3.91. The summed E-state index contributed by atoms with van der Waals surface area (Å²) >= 11 is 0. The van der Waals surface area contributed by atoms with Crippen LogP contribution in [0.15, 0.2) is 54.6 Å². The number of halogens is 1. The molecule has 3 aromatic rings. The molecule has 7 rings (SSSR count). The number of fused-ring (bicyclic) bond motifs is 1. The van der Waals surface area contributed by atoms with E-state index in [0.717, 1.165) is 31.6 Å². The molecule has 1 N–H and O–H groups in total. The maximum absolute atomic E-state index is 14.4. The Morgan fingerprint density at radius 2 is 1.85 bits per heavy atom. The summed E-state index contributed by atoms with van der Waals surface area (Å²) in [7, 11) is 3.11. The van der Waals surface area contributed by atoms with Crippen LogP contribution in [0.25, 0.3) is 5.83 Å². The van der Waals surface area contributed by atoms with Gasteiger partial charge in [-0.3, -0.25) is 9.69 Å². The van der Waals surface area contributed by atoms with Crippen LogP contribution in [0.2, 0.25) is 0 Å². The van der Waals surface area contributed by atoms with Crippen LogP contribution in [0.4, 0.5) is 10.1 Å². The third kappa shape index (κ3) is 5.55. The quantitative estimate of drug-likeness (QED) is 0.276. The number of aromatic nitrogens is 1. The van der Waals surface area contributed by atoms with Gasteiger partial charge < -0.3 is 19.7 Å². The van der Waals surface area contributed by atoms with Gasteiger partial charge in [-0.25, -0.2) is 9.37 Å². The first kappa shape index (κ1) is 30.7. The molecule has 1 saturated carbocycles. The summed E-state index contributed by atoms with van der Waals surface area (Å²) < 4.78 is 26.2. The van der Waals surface area contributed by atoms with E-state index in [9.17, 15) is 9.18 Å². The van der Waals surface area contributed by atoms with Gasteiger partial charge in [-0.2, -0.15) is 0 Å². The summed E-state index contributed by atoms with van der Waals surface area (Å²) in [6.07, 6.45) is 9.33. The van der Waals surface area contributed by atoms with E-state index >= 15 is 0 Å². The second kappa shape index (κ2) is 12.4. The van der Waals surface area contributed by atoms with Crippen LogP contribution in [0.3, 0.4) is 0 Å². The number of pyridine rings is 1. The highest BCUT2D eigenvalue weighted by atomic mass is 19.1. The van der Waals surface area contributed by atoms with Gasteiger partial charge in [0.15, 0.2) is 5.75 Å². The lowest BCUT2D eigenvalue weighted by atomic mass is 9.59. The van der Waals surface area contributed by atoms with E-state index in [-0.39, 0.29) is 23.4 Å². The lowest BCUT2D eigenvalue weighted by Gasteiger charge is -2.56. The van der Waals surface area contributed by atoms with Crippen molar-refractivity contribution in [2.24, 2.45) is 5.41 Å². The van der Waals surface area contributed by atoms with Crippen LogP contribution in [0.5, 0.6) is 17.4 Å². The second-order valence-corrected chi connectivity index (χ2v) is 13.8. The molecule has 1 atom stereocenters. The molecule has 1 spiro atoms. The van der Waals surface area contributed by atoms with E-state index in [0.29, 0.717) is 52.4 Å². The molecule has 1 aromatic heterocycles. The van der Waals surface area contributed by atoms with E-state index in [1.54, 1.807) is 18.7 Å². The number of piperidine rings is 1.